The molecule has 0 heterocycles. The molecule has 1 aromatic carbocycles. The van der Waals surface area contributed by atoms with Gasteiger partial charge in [-0.2, -0.15) is 0 Å². The molecule has 0 aromatic heterocycles. The van der Waals surface area contributed by atoms with Crippen molar-refractivity contribution in [2.75, 3.05) is 7.05 Å². The minimum atomic E-state index is -0.0222. The molecule has 1 N–H and O–H groups in total. The van der Waals surface area contributed by atoms with E-state index in [9.17, 15) is 4.79 Å². The van der Waals surface area contributed by atoms with Crippen LogP contribution in [0.4, 0.5) is 0 Å². The van der Waals surface area contributed by atoms with Crippen LogP contribution in [0, 0.1) is 10.5 Å². The number of benzene rings is 1. The van der Waals surface area contributed by atoms with Crippen LogP contribution >= 0.6 is 22.6 Å². The Bertz CT molecular complexity index is 309. The van der Waals surface area contributed by atoms with E-state index in [0.29, 0.717) is 0 Å². The molecule has 0 aliphatic carbocycles. The number of nitrogens with one attached hydrogen (secondary N) is 1. The van der Waals surface area contributed by atoms with Crippen molar-refractivity contribution in [2.45, 2.75) is 6.92 Å². The smallest absolute Gasteiger partial charge is 0.251 e. The fraction of sp³-hybridized carbons (Fsp3) is 0.222. The number of carbonyl (C=O) groups is 1. The van der Waals surface area contributed by atoms with Crippen LogP contribution in [0.15, 0.2) is 18.2 Å². The highest BCUT2D eigenvalue weighted by Gasteiger charge is 2.07. The first kappa shape index (κ1) is 9.51. The highest BCUT2D eigenvalue weighted by atomic mass is 127. The van der Waals surface area contributed by atoms with Crippen LogP contribution in [0.1, 0.15) is 15.9 Å². The lowest BCUT2D eigenvalue weighted by Crippen LogP contribution is -2.19. The highest BCUT2D eigenvalue weighted by molar-refractivity contribution is 14.1. The fourth-order valence-corrected chi connectivity index (χ4v) is 1.49. The molecule has 1 rings (SSSR count). The Morgan fingerprint density at radius 1 is 1.50 bits per heavy atom. The second-order valence-corrected chi connectivity index (χ2v) is 3.65. The molecule has 2 nitrogen and oxygen atoms in total. The lowest BCUT2D eigenvalue weighted by Gasteiger charge is -2.04. The van der Waals surface area contributed by atoms with Crippen molar-refractivity contribution in [1.82, 2.24) is 5.32 Å². The lowest BCUT2D eigenvalue weighted by molar-refractivity contribution is 0.0962. The molecule has 0 saturated carbocycles. The number of hydrogen-bond donors (Lipinski definition) is 1. The summed E-state index contributed by atoms with van der Waals surface area (Å²) in [6, 6.07) is 5.71. The van der Waals surface area contributed by atoms with Gasteiger partial charge in [0.1, 0.15) is 0 Å². The molecule has 0 fully saturated rings. The summed E-state index contributed by atoms with van der Waals surface area (Å²) in [7, 11) is 1.64. The second kappa shape index (κ2) is 3.89. The molecule has 64 valence electrons. The fourth-order valence-electron chi connectivity index (χ4n) is 0.988. The summed E-state index contributed by atoms with van der Waals surface area (Å²) in [5, 5.41) is 2.61. The average molecular weight is 275 g/mol. The van der Waals surface area contributed by atoms with E-state index < -0.39 is 0 Å². The Kier molecular flexibility index (Phi) is 3.08. The average Bonchev–Trinajstić information content (AvgIpc) is 2.08. The van der Waals surface area contributed by atoms with Gasteiger partial charge in [0.2, 0.25) is 0 Å². The summed E-state index contributed by atoms with van der Waals surface area (Å²) in [6.45, 7) is 1.95. The number of halogens is 1. The van der Waals surface area contributed by atoms with Crippen LogP contribution in [0.25, 0.3) is 0 Å². The van der Waals surface area contributed by atoms with Crippen molar-refractivity contribution in [2.24, 2.45) is 0 Å². The molecular weight excluding hydrogens is 265 g/mol. The predicted molar refractivity (Wildman–Crippen MR) is 57.3 cm³/mol. The van der Waals surface area contributed by atoms with E-state index in [0.717, 1.165) is 14.7 Å². The zero-order valence-electron chi connectivity index (χ0n) is 7.02. The minimum Gasteiger partial charge on any atom is -0.355 e. The molecule has 1 amide bonds. The van der Waals surface area contributed by atoms with Gasteiger partial charge in [0.25, 0.3) is 5.91 Å². The Labute approximate surface area is 85.5 Å². The van der Waals surface area contributed by atoms with E-state index >= 15 is 0 Å². The Balaban J connectivity index is 3.16. The first-order valence-corrected chi connectivity index (χ1v) is 4.72. The molecule has 0 atom stereocenters. The van der Waals surface area contributed by atoms with Crippen molar-refractivity contribution in [3.63, 3.8) is 0 Å². The molecule has 0 radical (unpaired) electrons. The maximum absolute atomic E-state index is 11.3. The van der Waals surface area contributed by atoms with Crippen LogP contribution < -0.4 is 5.32 Å². The van der Waals surface area contributed by atoms with E-state index in [2.05, 4.69) is 27.9 Å². The molecule has 0 aliphatic heterocycles. The Morgan fingerprint density at radius 3 is 2.75 bits per heavy atom. The molecule has 3 heteroatoms. The van der Waals surface area contributed by atoms with Gasteiger partial charge < -0.3 is 5.32 Å². The SMILES string of the molecule is CNC(=O)c1cccc(I)c1C. The van der Waals surface area contributed by atoms with Gasteiger partial charge in [0, 0.05) is 16.2 Å². The van der Waals surface area contributed by atoms with Gasteiger partial charge in [-0.1, -0.05) is 6.07 Å². The Hall–Kier alpha value is -0.580. The number of carbonyl (C=O) groups excluding carboxylic acids is 1. The molecule has 0 spiro atoms. The summed E-state index contributed by atoms with van der Waals surface area (Å²) >= 11 is 2.22. The first-order chi connectivity index (χ1) is 5.66. The molecule has 0 saturated heterocycles. The van der Waals surface area contributed by atoms with Crippen LogP contribution in [-0.2, 0) is 0 Å². The summed E-state index contributed by atoms with van der Waals surface area (Å²) in [6.07, 6.45) is 0. The maximum Gasteiger partial charge on any atom is 0.251 e. The minimum absolute atomic E-state index is 0.0222. The molecule has 12 heavy (non-hydrogen) atoms. The Morgan fingerprint density at radius 2 is 2.17 bits per heavy atom. The summed E-state index contributed by atoms with van der Waals surface area (Å²) in [5.41, 5.74) is 1.79. The zero-order valence-corrected chi connectivity index (χ0v) is 9.18. The monoisotopic (exact) mass is 275 g/mol. The zero-order chi connectivity index (χ0) is 9.14. The molecular formula is C9H10INO. The van der Waals surface area contributed by atoms with Crippen molar-refractivity contribution in [3.05, 3.63) is 32.9 Å². The number of hydrogen-bond acceptors (Lipinski definition) is 1. The van der Waals surface area contributed by atoms with Gasteiger partial charge >= 0.3 is 0 Å². The highest BCUT2D eigenvalue weighted by Crippen LogP contribution is 2.15. The molecule has 0 bridgehead atoms. The van der Waals surface area contributed by atoms with E-state index in [4.69, 9.17) is 0 Å². The van der Waals surface area contributed by atoms with Gasteiger partial charge in [-0.3, -0.25) is 4.79 Å². The van der Waals surface area contributed by atoms with E-state index in [1.165, 1.54) is 0 Å². The van der Waals surface area contributed by atoms with E-state index in [1.807, 2.05) is 25.1 Å². The van der Waals surface area contributed by atoms with Gasteiger partial charge in [0.05, 0.1) is 0 Å². The van der Waals surface area contributed by atoms with Crippen LogP contribution in [0.2, 0.25) is 0 Å². The van der Waals surface area contributed by atoms with Crippen molar-refractivity contribution < 1.29 is 4.79 Å². The predicted octanol–water partition coefficient (Wildman–Crippen LogP) is 1.96. The van der Waals surface area contributed by atoms with Crippen molar-refractivity contribution in [1.29, 1.82) is 0 Å². The largest absolute Gasteiger partial charge is 0.355 e. The standard InChI is InChI=1S/C9H10INO/c1-6-7(9(12)11-2)4-3-5-8(6)10/h3-5H,1-2H3,(H,11,12). The van der Waals surface area contributed by atoms with Crippen LogP contribution in [0.5, 0.6) is 0 Å². The summed E-state index contributed by atoms with van der Waals surface area (Å²) < 4.78 is 1.12. The van der Waals surface area contributed by atoms with Gasteiger partial charge in [-0.25, -0.2) is 0 Å². The van der Waals surface area contributed by atoms with Gasteiger partial charge in [-0.05, 0) is 47.2 Å². The lowest BCUT2D eigenvalue weighted by atomic mass is 10.1. The topological polar surface area (TPSA) is 29.1 Å². The summed E-state index contributed by atoms with van der Waals surface area (Å²) in [5.74, 6) is -0.0222. The van der Waals surface area contributed by atoms with Crippen LogP contribution in [-0.4, -0.2) is 13.0 Å². The van der Waals surface area contributed by atoms with Crippen molar-refractivity contribution >= 4 is 28.5 Å². The van der Waals surface area contributed by atoms with Gasteiger partial charge in [-0.15, -0.1) is 0 Å². The van der Waals surface area contributed by atoms with Crippen molar-refractivity contribution in [3.8, 4) is 0 Å². The molecule has 0 aliphatic rings. The molecule has 1 aromatic rings. The third-order valence-corrected chi connectivity index (χ3v) is 2.91. The van der Waals surface area contributed by atoms with Gasteiger partial charge in [0.15, 0.2) is 0 Å². The maximum atomic E-state index is 11.3. The second-order valence-electron chi connectivity index (χ2n) is 2.49. The number of rotatable bonds is 1. The molecule has 0 unspecified atom stereocenters. The van der Waals surface area contributed by atoms with E-state index in [-0.39, 0.29) is 5.91 Å². The van der Waals surface area contributed by atoms with E-state index in [1.54, 1.807) is 7.05 Å². The third-order valence-electron chi connectivity index (χ3n) is 1.74. The first-order valence-electron chi connectivity index (χ1n) is 3.64. The van der Waals surface area contributed by atoms with Crippen LogP contribution in [0.3, 0.4) is 0 Å². The number of amides is 1. The summed E-state index contributed by atoms with van der Waals surface area (Å²) in [4.78, 5) is 11.3. The quantitative estimate of drug-likeness (QED) is 0.780. The normalized spacial score (nSPS) is 9.58. The third kappa shape index (κ3) is 1.77.